The van der Waals surface area contributed by atoms with Crippen molar-refractivity contribution in [2.75, 3.05) is 6.54 Å². The number of unbranched alkanes of at least 4 members (excludes halogenated alkanes) is 2. The molecule has 3 aromatic rings. The molecule has 0 aliphatic rings. The zero-order valence-electron chi connectivity index (χ0n) is 17.9. The van der Waals surface area contributed by atoms with Crippen LogP contribution in [0.15, 0.2) is 59.0 Å². The molecule has 6 nitrogen and oxygen atoms in total. The number of hydrogen-bond acceptors (Lipinski definition) is 5. The highest BCUT2D eigenvalue weighted by molar-refractivity contribution is 5.79. The van der Waals surface area contributed by atoms with Crippen LogP contribution in [0.25, 0.3) is 23.1 Å². The van der Waals surface area contributed by atoms with Crippen molar-refractivity contribution in [2.45, 2.75) is 45.6 Å². The molecule has 0 atom stereocenters. The minimum absolute atomic E-state index is 0.111. The number of carboxylic acids is 1. The number of carbonyl (C=O) groups is 1. The summed E-state index contributed by atoms with van der Waals surface area (Å²) >= 11 is 0. The van der Waals surface area contributed by atoms with Crippen LogP contribution < -0.4 is 5.32 Å². The zero-order valence-corrected chi connectivity index (χ0v) is 17.9. The van der Waals surface area contributed by atoms with Crippen molar-refractivity contribution in [2.24, 2.45) is 0 Å². The maximum Gasteiger partial charge on any atom is 0.304 e. The van der Waals surface area contributed by atoms with E-state index in [1.54, 1.807) is 0 Å². The Morgan fingerprint density at radius 2 is 1.81 bits per heavy atom. The monoisotopic (exact) mass is 419 g/mol. The van der Waals surface area contributed by atoms with E-state index in [-0.39, 0.29) is 6.42 Å². The number of hydrogen-bond donors (Lipinski definition) is 2. The maximum atomic E-state index is 10.6. The Labute approximate surface area is 183 Å². The fraction of sp³-hybridized carbons (Fsp3) is 0.320. The van der Waals surface area contributed by atoms with Crippen molar-refractivity contribution in [3.8, 4) is 11.5 Å². The molecule has 0 spiro atoms. The van der Waals surface area contributed by atoms with Crippen LogP contribution in [0.4, 0.5) is 0 Å². The van der Waals surface area contributed by atoms with Crippen LogP contribution >= 0.6 is 0 Å². The van der Waals surface area contributed by atoms with Gasteiger partial charge in [-0.05, 0) is 41.7 Å². The summed E-state index contributed by atoms with van der Waals surface area (Å²) in [4.78, 5) is 10.6. The number of carboxylic acid groups (broad SMARTS) is 1. The predicted octanol–water partition coefficient (Wildman–Crippen LogP) is 5.42. The minimum Gasteiger partial charge on any atom is -0.481 e. The maximum absolute atomic E-state index is 10.6. The van der Waals surface area contributed by atoms with E-state index >= 15 is 0 Å². The van der Waals surface area contributed by atoms with Gasteiger partial charge in [-0.3, -0.25) is 4.79 Å². The van der Waals surface area contributed by atoms with Gasteiger partial charge >= 0.3 is 5.97 Å². The molecule has 2 N–H and O–H groups in total. The summed E-state index contributed by atoms with van der Waals surface area (Å²) < 4.78 is 5.91. The highest BCUT2D eigenvalue weighted by Crippen LogP contribution is 2.25. The molecular formula is C25H29N3O3. The summed E-state index contributed by atoms with van der Waals surface area (Å²) in [5.74, 6) is 0.187. The molecule has 0 aliphatic heterocycles. The fourth-order valence-corrected chi connectivity index (χ4v) is 3.27. The van der Waals surface area contributed by atoms with Crippen molar-refractivity contribution in [3.05, 3.63) is 71.6 Å². The molecule has 0 aliphatic carbocycles. The molecule has 0 amide bonds. The lowest BCUT2D eigenvalue weighted by molar-refractivity contribution is -0.136. The number of aromatic nitrogens is 2. The van der Waals surface area contributed by atoms with Gasteiger partial charge in [0.1, 0.15) is 0 Å². The summed E-state index contributed by atoms with van der Waals surface area (Å²) in [6, 6.07) is 18.1. The van der Waals surface area contributed by atoms with Crippen LogP contribution in [0.5, 0.6) is 0 Å². The molecule has 6 heteroatoms. The van der Waals surface area contributed by atoms with E-state index in [2.05, 4.69) is 34.6 Å². The third-order valence-corrected chi connectivity index (χ3v) is 4.98. The SMILES string of the molecule is CCCCCC(=Cc1nnc(-c2ccc(CNCCC(=O)O)cc2)o1)c1ccccc1. The van der Waals surface area contributed by atoms with Crippen LogP contribution in [0, 0.1) is 0 Å². The van der Waals surface area contributed by atoms with Crippen molar-refractivity contribution in [1.82, 2.24) is 15.5 Å². The lowest BCUT2D eigenvalue weighted by Gasteiger charge is -2.06. The number of aliphatic carboxylic acids is 1. The summed E-state index contributed by atoms with van der Waals surface area (Å²) in [6.07, 6.45) is 6.57. The van der Waals surface area contributed by atoms with Gasteiger partial charge in [0.2, 0.25) is 11.8 Å². The van der Waals surface area contributed by atoms with Gasteiger partial charge in [0.15, 0.2) is 0 Å². The van der Waals surface area contributed by atoms with E-state index in [4.69, 9.17) is 9.52 Å². The van der Waals surface area contributed by atoms with E-state index in [0.29, 0.717) is 24.9 Å². The Bertz CT molecular complexity index is 979. The van der Waals surface area contributed by atoms with E-state index in [1.165, 1.54) is 24.0 Å². The van der Waals surface area contributed by atoms with Gasteiger partial charge < -0.3 is 14.8 Å². The molecule has 0 bridgehead atoms. The largest absolute Gasteiger partial charge is 0.481 e. The van der Waals surface area contributed by atoms with Gasteiger partial charge in [0, 0.05) is 24.7 Å². The molecule has 31 heavy (non-hydrogen) atoms. The Balaban J connectivity index is 1.68. The van der Waals surface area contributed by atoms with Gasteiger partial charge in [-0.25, -0.2) is 0 Å². The molecular weight excluding hydrogens is 390 g/mol. The molecule has 0 fully saturated rings. The van der Waals surface area contributed by atoms with Crippen molar-refractivity contribution >= 4 is 17.6 Å². The Morgan fingerprint density at radius 3 is 2.52 bits per heavy atom. The predicted molar refractivity (Wildman–Crippen MR) is 122 cm³/mol. The molecule has 0 saturated heterocycles. The Kier molecular flexibility index (Phi) is 8.55. The second-order valence-electron chi connectivity index (χ2n) is 7.46. The molecule has 1 aromatic heterocycles. The molecule has 162 valence electrons. The van der Waals surface area contributed by atoms with Gasteiger partial charge in [0.05, 0.1) is 6.42 Å². The highest BCUT2D eigenvalue weighted by Gasteiger charge is 2.09. The molecule has 0 unspecified atom stereocenters. The summed E-state index contributed by atoms with van der Waals surface area (Å²) in [5.41, 5.74) is 4.30. The molecule has 1 heterocycles. The quantitative estimate of drug-likeness (QED) is 0.381. The van der Waals surface area contributed by atoms with Crippen LogP contribution in [0.2, 0.25) is 0 Å². The van der Waals surface area contributed by atoms with Crippen LogP contribution in [0.1, 0.15) is 56.0 Å². The van der Waals surface area contributed by atoms with Gasteiger partial charge in [0.25, 0.3) is 0 Å². The molecule has 3 rings (SSSR count). The van der Waals surface area contributed by atoms with E-state index in [1.807, 2.05) is 48.5 Å². The normalized spacial score (nSPS) is 11.6. The fourth-order valence-electron chi connectivity index (χ4n) is 3.27. The van der Waals surface area contributed by atoms with Crippen LogP contribution in [-0.2, 0) is 11.3 Å². The first kappa shape index (κ1) is 22.4. The lowest BCUT2D eigenvalue weighted by Crippen LogP contribution is -2.17. The first-order valence-electron chi connectivity index (χ1n) is 10.8. The average molecular weight is 420 g/mol. The van der Waals surface area contributed by atoms with Crippen LogP contribution in [0.3, 0.4) is 0 Å². The van der Waals surface area contributed by atoms with Crippen molar-refractivity contribution in [3.63, 3.8) is 0 Å². The van der Waals surface area contributed by atoms with E-state index < -0.39 is 5.97 Å². The summed E-state index contributed by atoms with van der Waals surface area (Å²) in [7, 11) is 0. The highest BCUT2D eigenvalue weighted by atomic mass is 16.4. The van der Waals surface area contributed by atoms with E-state index in [0.717, 1.165) is 24.0 Å². The number of nitrogens with zero attached hydrogens (tertiary/aromatic N) is 2. The average Bonchev–Trinajstić information content (AvgIpc) is 3.26. The minimum atomic E-state index is -0.801. The zero-order chi connectivity index (χ0) is 21.9. The first-order chi connectivity index (χ1) is 15.2. The van der Waals surface area contributed by atoms with Gasteiger partial charge in [-0.15, -0.1) is 10.2 Å². The first-order valence-corrected chi connectivity index (χ1v) is 10.8. The Hall–Kier alpha value is -3.25. The number of allylic oxidation sites excluding steroid dienone is 1. The number of benzene rings is 2. The molecule has 0 saturated carbocycles. The third-order valence-electron chi connectivity index (χ3n) is 4.98. The Morgan fingerprint density at radius 1 is 1.03 bits per heavy atom. The second-order valence-corrected chi connectivity index (χ2v) is 7.46. The van der Waals surface area contributed by atoms with Gasteiger partial charge in [-0.2, -0.15) is 0 Å². The van der Waals surface area contributed by atoms with Crippen LogP contribution in [-0.4, -0.2) is 27.8 Å². The molecule has 0 radical (unpaired) electrons. The topological polar surface area (TPSA) is 88.2 Å². The second kappa shape index (κ2) is 11.8. The molecule has 2 aromatic carbocycles. The summed E-state index contributed by atoms with van der Waals surface area (Å²) in [5, 5.41) is 20.2. The summed E-state index contributed by atoms with van der Waals surface area (Å²) in [6.45, 7) is 3.26. The lowest BCUT2D eigenvalue weighted by atomic mass is 9.99. The van der Waals surface area contributed by atoms with E-state index in [9.17, 15) is 4.79 Å². The standard InChI is InChI=1S/C25H29N3O3/c1-2-3-5-10-22(20-8-6-4-7-9-20)17-23-27-28-25(31-23)21-13-11-19(12-14-21)18-26-16-15-24(29)30/h4,6-9,11-14,17,26H,2-3,5,10,15-16,18H2,1H3,(H,29,30). The number of rotatable bonds is 12. The van der Waals surface area contributed by atoms with Crippen molar-refractivity contribution < 1.29 is 14.3 Å². The number of nitrogens with one attached hydrogen (secondary N) is 1. The third kappa shape index (κ3) is 7.19. The smallest absolute Gasteiger partial charge is 0.304 e. The van der Waals surface area contributed by atoms with Crippen molar-refractivity contribution in [1.29, 1.82) is 0 Å². The van der Waals surface area contributed by atoms with Gasteiger partial charge in [-0.1, -0.05) is 62.2 Å².